The van der Waals surface area contributed by atoms with E-state index in [-0.39, 0.29) is 11.8 Å². The monoisotopic (exact) mass is 543 g/mol. The predicted molar refractivity (Wildman–Crippen MR) is 147 cm³/mol. The van der Waals surface area contributed by atoms with Gasteiger partial charge in [0.05, 0.1) is 30.2 Å². The smallest absolute Gasteiger partial charge is 0.303 e. The molecule has 3 aromatic rings. The van der Waals surface area contributed by atoms with Gasteiger partial charge in [-0.1, -0.05) is 11.6 Å². The molecule has 198 valence electrons. The van der Waals surface area contributed by atoms with Gasteiger partial charge in [0.1, 0.15) is 5.75 Å². The Labute approximate surface area is 227 Å². The second kappa shape index (κ2) is 12.9. The molecule has 0 saturated carbocycles. The number of benzene rings is 1. The standard InChI is InChI=1S/C28H34ClN3O4S/c1-36-20-5-6-24-22(16-20)27(23(29)19-31-24)25(33)7-8-28(17-26(34)35)9-13-32(14-10-28)12-3-15-37-21-4-2-11-30-18-21/h2,4-6,11,16,18-19,25,33H,3,7-10,12-15,17H2,1H3,(H,34,35)/t25-/m1/s1. The number of ether oxygens (including phenoxy) is 1. The molecule has 0 unspecified atom stereocenters. The summed E-state index contributed by atoms with van der Waals surface area (Å²) in [6.45, 7) is 2.74. The maximum atomic E-state index is 11.8. The lowest BCUT2D eigenvalue weighted by atomic mass is 9.71. The maximum absolute atomic E-state index is 11.8. The van der Waals surface area contributed by atoms with E-state index >= 15 is 0 Å². The van der Waals surface area contributed by atoms with E-state index in [0.29, 0.717) is 29.2 Å². The van der Waals surface area contributed by atoms with Crippen LogP contribution in [0.2, 0.25) is 5.02 Å². The number of methoxy groups -OCH3 is 1. The summed E-state index contributed by atoms with van der Waals surface area (Å²) in [5.74, 6) is 0.909. The Kier molecular flexibility index (Phi) is 9.65. The summed E-state index contributed by atoms with van der Waals surface area (Å²) < 4.78 is 5.35. The molecule has 1 fully saturated rings. The van der Waals surface area contributed by atoms with Crippen LogP contribution in [-0.4, -0.2) is 63.5 Å². The topological polar surface area (TPSA) is 95.8 Å². The van der Waals surface area contributed by atoms with E-state index in [9.17, 15) is 15.0 Å². The van der Waals surface area contributed by atoms with Gasteiger partial charge in [-0.25, -0.2) is 0 Å². The number of nitrogens with zero attached hydrogens (tertiary/aromatic N) is 3. The minimum atomic E-state index is -0.821. The van der Waals surface area contributed by atoms with E-state index in [2.05, 4.69) is 20.9 Å². The van der Waals surface area contributed by atoms with Crippen molar-refractivity contribution >= 4 is 40.2 Å². The Morgan fingerprint density at radius 2 is 2.08 bits per heavy atom. The van der Waals surface area contributed by atoms with Gasteiger partial charge in [0.15, 0.2) is 0 Å². The highest BCUT2D eigenvalue weighted by molar-refractivity contribution is 7.99. The molecule has 0 radical (unpaired) electrons. The van der Waals surface area contributed by atoms with E-state index in [0.717, 1.165) is 55.6 Å². The van der Waals surface area contributed by atoms with Gasteiger partial charge in [-0.15, -0.1) is 11.8 Å². The molecule has 3 heterocycles. The summed E-state index contributed by atoms with van der Waals surface area (Å²) in [7, 11) is 1.59. The Morgan fingerprint density at radius 1 is 1.27 bits per heavy atom. The number of aliphatic hydroxyl groups is 1. The molecular formula is C28H34ClN3O4S. The zero-order valence-electron chi connectivity index (χ0n) is 21.1. The molecular weight excluding hydrogens is 510 g/mol. The molecule has 1 aliphatic heterocycles. The van der Waals surface area contributed by atoms with Crippen LogP contribution in [0.4, 0.5) is 0 Å². The zero-order chi connectivity index (χ0) is 26.3. The molecule has 1 saturated heterocycles. The number of pyridine rings is 2. The molecule has 1 aliphatic rings. The SMILES string of the molecule is COc1ccc2ncc(Cl)c([C@H](O)CCC3(CC(=O)O)CCN(CCCSc4cccnc4)CC3)c2c1. The molecule has 7 nitrogen and oxygen atoms in total. The fourth-order valence-electron chi connectivity index (χ4n) is 5.22. The number of carboxylic acid groups (broad SMARTS) is 1. The second-order valence-corrected chi connectivity index (χ2v) is 11.3. The van der Waals surface area contributed by atoms with Gasteiger partial charge in [0, 0.05) is 34.4 Å². The predicted octanol–water partition coefficient (Wildman–Crippen LogP) is 5.84. The third-order valence-corrected chi connectivity index (χ3v) is 8.68. The third kappa shape index (κ3) is 7.35. The van der Waals surface area contributed by atoms with E-state index in [1.807, 2.05) is 42.2 Å². The average Bonchev–Trinajstić information content (AvgIpc) is 2.90. The minimum absolute atomic E-state index is 0.114. The normalized spacial score (nSPS) is 16.5. The van der Waals surface area contributed by atoms with Gasteiger partial charge in [0.2, 0.25) is 0 Å². The van der Waals surface area contributed by atoms with Crippen LogP contribution >= 0.6 is 23.4 Å². The lowest BCUT2D eigenvalue weighted by Crippen LogP contribution is -2.41. The summed E-state index contributed by atoms with van der Waals surface area (Å²) in [6.07, 6.45) is 8.26. The highest BCUT2D eigenvalue weighted by atomic mass is 35.5. The van der Waals surface area contributed by atoms with Crippen LogP contribution in [0.15, 0.2) is 53.8 Å². The largest absolute Gasteiger partial charge is 0.497 e. The van der Waals surface area contributed by atoms with Gasteiger partial charge in [-0.3, -0.25) is 14.8 Å². The Hall–Kier alpha value is -2.39. The first-order valence-electron chi connectivity index (χ1n) is 12.7. The van der Waals surface area contributed by atoms with Crippen LogP contribution in [-0.2, 0) is 4.79 Å². The molecule has 9 heteroatoms. The van der Waals surface area contributed by atoms with Crippen molar-refractivity contribution < 1.29 is 19.7 Å². The first-order chi connectivity index (χ1) is 17.9. The number of rotatable bonds is 12. The Morgan fingerprint density at radius 3 is 2.78 bits per heavy atom. The number of likely N-dealkylation sites (tertiary alicyclic amines) is 1. The summed E-state index contributed by atoms with van der Waals surface area (Å²) in [4.78, 5) is 23.9. The summed E-state index contributed by atoms with van der Waals surface area (Å²) in [6, 6.07) is 9.54. The van der Waals surface area contributed by atoms with Crippen molar-refractivity contribution in [3.8, 4) is 5.75 Å². The fourth-order valence-corrected chi connectivity index (χ4v) is 6.31. The molecule has 0 bridgehead atoms. The number of thioether (sulfide) groups is 1. The Bertz CT molecular complexity index is 1190. The lowest BCUT2D eigenvalue weighted by Gasteiger charge is -2.41. The quantitative estimate of drug-likeness (QED) is 0.217. The molecule has 2 aromatic heterocycles. The third-order valence-electron chi connectivity index (χ3n) is 7.31. The molecule has 2 N–H and O–H groups in total. The van der Waals surface area contributed by atoms with Crippen molar-refractivity contribution in [2.24, 2.45) is 5.41 Å². The highest BCUT2D eigenvalue weighted by Gasteiger charge is 2.37. The van der Waals surface area contributed by atoms with Crippen LogP contribution in [0.1, 0.15) is 50.2 Å². The highest BCUT2D eigenvalue weighted by Crippen LogP contribution is 2.43. The van der Waals surface area contributed by atoms with Gasteiger partial charge in [-0.05, 0) is 93.2 Å². The van der Waals surface area contributed by atoms with Crippen molar-refractivity contribution in [3.05, 3.63) is 59.5 Å². The van der Waals surface area contributed by atoms with E-state index in [4.69, 9.17) is 16.3 Å². The van der Waals surface area contributed by atoms with Crippen molar-refractivity contribution in [1.29, 1.82) is 0 Å². The number of piperidine rings is 1. The number of halogens is 1. The molecule has 1 aromatic carbocycles. The number of fused-ring (bicyclic) bond motifs is 1. The summed E-state index contributed by atoms with van der Waals surface area (Å²) in [5.41, 5.74) is 1.02. The van der Waals surface area contributed by atoms with Crippen molar-refractivity contribution in [1.82, 2.24) is 14.9 Å². The average molecular weight is 544 g/mol. The first-order valence-corrected chi connectivity index (χ1v) is 14.0. The van der Waals surface area contributed by atoms with E-state index < -0.39 is 12.1 Å². The number of hydrogen-bond donors (Lipinski definition) is 2. The Balaban J connectivity index is 1.35. The van der Waals surface area contributed by atoms with Gasteiger partial charge >= 0.3 is 5.97 Å². The molecule has 1 atom stereocenters. The molecule has 0 aliphatic carbocycles. The first kappa shape index (κ1) is 27.6. The van der Waals surface area contributed by atoms with Crippen LogP contribution < -0.4 is 4.74 Å². The molecule has 37 heavy (non-hydrogen) atoms. The van der Waals surface area contributed by atoms with E-state index in [1.165, 1.54) is 4.90 Å². The number of aromatic nitrogens is 2. The zero-order valence-corrected chi connectivity index (χ0v) is 22.7. The van der Waals surface area contributed by atoms with Gasteiger partial charge < -0.3 is 19.8 Å². The number of hydrogen-bond acceptors (Lipinski definition) is 7. The van der Waals surface area contributed by atoms with Crippen LogP contribution in [0.5, 0.6) is 5.75 Å². The molecule has 4 rings (SSSR count). The van der Waals surface area contributed by atoms with Crippen molar-refractivity contribution in [2.75, 3.05) is 32.5 Å². The second-order valence-electron chi connectivity index (χ2n) is 9.76. The summed E-state index contributed by atoms with van der Waals surface area (Å²) in [5, 5.41) is 22.0. The number of carboxylic acids is 1. The van der Waals surface area contributed by atoms with E-state index in [1.54, 1.807) is 19.5 Å². The molecule has 0 amide bonds. The number of carbonyl (C=O) groups is 1. The molecule has 0 spiro atoms. The lowest BCUT2D eigenvalue weighted by molar-refractivity contribution is -0.141. The number of aliphatic carboxylic acids is 1. The van der Waals surface area contributed by atoms with Crippen LogP contribution in [0.3, 0.4) is 0 Å². The van der Waals surface area contributed by atoms with Crippen LogP contribution in [0, 0.1) is 5.41 Å². The minimum Gasteiger partial charge on any atom is -0.497 e. The van der Waals surface area contributed by atoms with Gasteiger partial charge in [0.25, 0.3) is 0 Å². The van der Waals surface area contributed by atoms with Gasteiger partial charge in [-0.2, -0.15) is 0 Å². The number of aliphatic hydroxyl groups excluding tert-OH is 1. The maximum Gasteiger partial charge on any atom is 0.303 e. The van der Waals surface area contributed by atoms with Crippen molar-refractivity contribution in [3.63, 3.8) is 0 Å². The van der Waals surface area contributed by atoms with Crippen LogP contribution in [0.25, 0.3) is 10.9 Å². The fraction of sp³-hybridized carbons (Fsp3) is 0.464. The van der Waals surface area contributed by atoms with Crippen molar-refractivity contribution in [2.45, 2.75) is 49.5 Å². The summed E-state index contributed by atoms with van der Waals surface area (Å²) >= 11 is 8.30.